The van der Waals surface area contributed by atoms with Gasteiger partial charge in [-0.05, 0) is 67.1 Å². The third-order valence-electron chi connectivity index (χ3n) is 7.08. The lowest BCUT2D eigenvalue weighted by atomic mass is 10.1. The number of halogens is 3. The maximum atomic E-state index is 12.1. The summed E-state index contributed by atoms with van der Waals surface area (Å²) in [6.07, 6.45) is -2.16. The molecule has 0 fully saturated rings. The molecule has 1 unspecified atom stereocenters. The first-order valence-electron chi connectivity index (χ1n) is 13.9. The van der Waals surface area contributed by atoms with Gasteiger partial charge < -0.3 is 30.4 Å². The number of carboxylic acids is 1. The zero-order valence-corrected chi connectivity index (χ0v) is 26.7. The van der Waals surface area contributed by atoms with E-state index in [1.807, 2.05) is 73.3 Å². The summed E-state index contributed by atoms with van der Waals surface area (Å²) >= 11 is 0. The van der Waals surface area contributed by atoms with Gasteiger partial charge in [-0.3, -0.25) is 0 Å². The fourth-order valence-electron chi connectivity index (χ4n) is 4.45. The Morgan fingerprint density at radius 1 is 1.00 bits per heavy atom. The number of hydrogen-bond acceptors (Lipinski definition) is 10. The molecule has 0 aliphatic carbocycles. The van der Waals surface area contributed by atoms with Crippen molar-refractivity contribution in [1.29, 1.82) is 0 Å². The van der Waals surface area contributed by atoms with E-state index in [4.69, 9.17) is 24.6 Å². The van der Waals surface area contributed by atoms with Crippen molar-refractivity contribution in [2.45, 2.75) is 18.3 Å². The van der Waals surface area contributed by atoms with Crippen molar-refractivity contribution in [3.63, 3.8) is 0 Å². The summed E-state index contributed by atoms with van der Waals surface area (Å²) in [5.74, 6) is -0.916. The lowest BCUT2D eigenvalue weighted by Crippen LogP contribution is -2.21. The first-order valence-corrected chi connectivity index (χ1v) is 15.9. The zero-order valence-electron chi connectivity index (χ0n) is 25.9. The van der Waals surface area contributed by atoms with Crippen LogP contribution >= 0.6 is 0 Å². The van der Waals surface area contributed by atoms with Crippen LogP contribution in [0.5, 0.6) is 5.75 Å². The van der Waals surface area contributed by atoms with E-state index in [1.54, 1.807) is 32.4 Å². The Morgan fingerprint density at radius 3 is 2.28 bits per heavy atom. The number of anilines is 5. The second kappa shape index (κ2) is 13.9. The van der Waals surface area contributed by atoms with E-state index in [9.17, 15) is 21.6 Å². The van der Waals surface area contributed by atoms with E-state index in [0.717, 1.165) is 33.7 Å². The Labute approximate surface area is 268 Å². The normalized spacial score (nSPS) is 12.1. The minimum atomic E-state index is -5.08. The molecule has 5 aromatic rings. The number of carbonyl (C=O) groups is 1. The van der Waals surface area contributed by atoms with Gasteiger partial charge in [0.05, 0.1) is 29.1 Å². The number of benzene rings is 3. The quantitative estimate of drug-likeness (QED) is 0.139. The molecule has 12 nitrogen and oxygen atoms in total. The molecule has 0 saturated heterocycles. The van der Waals surface area contributed by atoms with Crippen molar-refractivity contribution in [2.75, 3.05) is 36.4 Å². The smallest absolute Gasteiger partial charge is 0.490 e. The number of fused-ring (bicyclic) bond motifs is 1. The highest BCUT2D eigenvalue weighted by molar-refractivity contribution is 7.90. The first kappa shape index (κ1) is 34.5. The second-order valence-electron chi connectivity index (χ2n) is 10.2. The van der Waals surface area contributed by atoms with Gasteiger partial charge in [-0.15, -0.1) is 0 Å². The highest BCUT2D eigenvalue weighted by Gasteiger charge is 2.38. The Kier molecular flexibility index (Phi) is 10.2. The molecule has 0 radical (unpaired) electrons. The van der Waals surface area contributed by atoms with Crippen LogP contribution in [0.1, 0.15) is 17.7 Å². The number of nitrogens with one attached hydrogen (secondary N) is 3. The molecule has 2 heterocycles. The van der Waals surface area contributed by atoms with Crippen molar-refractivity contribution < 1.29 is 36.2 Å². The summed E-state index contributed by atoms with van der Waals surface area (Å²) in [5, 5.41) is 16.4. The topological polar surface area (TPSA) is 160 Å². The molecule has 3 aromatic carbocycles. The summed E-state index contributed by atoms with van der Waals surface area (Å²) in [4.78, 5) is 23.0. The van der Waals surface area contributed by atoms with E-state index >= 15 is 0 Å². The number of alkyl halides is 3. The average Bonchev–Trinajstić information content (AvgIpc) is 3.34. The van der Waals surface area contributed by atoms with E-state index in [2.05, 4.69) is 20.9 Å². The fraction of sp³-hybridized carbons (Fsp3) is 0.226. The van der Waals surface area contributed by atoms with Gasteiger partial charge in [0.25, 0.3) is 0 Å². The summed E-state index contributed by atoms with van der Waals surface area (Å²) in [6, 6.07) is 20.8. The molecule has 0 amide bonds. The van der Waals surface area contributed by atoms with Crippen molar-refractivity contribution >= 4 is 55.8 Å². The zero-order chi connectivity index (χ0) is 34.5. The van der Waals surface area contributed by atoms with Crippen LogP contribution in [0, 0.1) is 0 Å². The van der Waals surface area contributed by atoms with Crippen molar-refractivity contribution in [3.05, 3.63) is 78.5 Å². The third kappa shape index (κ3) is 8.26. The molecule has 248 valence electrons. The SMILES string of the molecule is CNc1ccc2c(nc(Nc3ccc(OC)cc3)n2C)c1-c1ccnc(Nc2cccc(C(C)S(C)(=O)=O)c2)n1.O=C(O)C(F)(F)F. The number of imidazole rings is 1. The van der Waals surface area contributed by atoms with Gasteiger partial charge in [0.15, 0.2) is 9.84 Å². The van der Waals surface area contributed by atoms with Crippen LogP contribution in [0.4, 0.5) is 42.1 Å². The van der Waals surface area contributed by atoms with Gasteiger partial charge in [-0.2, -0.15) is 13.2 Å². The second-order valence-corrected chi connectivity index (χ2v) is 12.6. The molecule has 0 spiro atoms. The average molecular weight is 672 g/mol. The molecule has 2 aromatic heterocycles. The van der Waals surface area contributed by atoms with Gasteiger partial charge in [0.2, 0.25) is 11.9 Å². The fourth-order valence-corrected chi connectivity index (χ4v) is 5.09. The minimum absolute atomic E-state index is 0.383. The number of nitrogens with zero attached hydrogens (tertiary/aromatic N) is 4. The van der Waals surface area contributed by atoms with Crippen LogP contribution < -0.4 is 20.7 Å². The van der Waals surface area contributed by atoms with Crippen molar-refractivity contribution in [2.24, 2.45) is 7.05 Å². The molecule has 0 saturated carbocycles. The predicted molar refractivity (Wildman–Crippen MR) is 174 cm³/mol. The van der Waals surface area contributed by atoms with Crippen LogP contribution in [0.15, 0.2) is 72.9 Å². The molecule has 16 heteroatoms. The Bertz CT molecular complexity index is 2000. The minimum Gasteiger partial charge on any atom is -0.497 e. The number of ether oxygens (including phenoxy) is 1. The number of aliphatic carboxylic acids is 1. The maximum absolute atomic E-state index is 12.1. The largest absolute Gasteiger partial charge is 0.497 e. The number of aromatic nitrogens is 4. The molecule has 4 N–H and O–H groups in total. The van der Waals surface area contributed by atoms with Gasteiger partial charge in [-0.1, -0.05) is 12.1 Å². The summed E-state index contributed by atoms with van der Waals surface area (Å²) in [6.45, 7) is 1.68. The third-order valence-corrected chi connectivity index (χ3v) is 8.63. The van der Waals surface area contributed by atoms with Crippen LogP contribution in [0.25, 0.3) is 22.3 Å². The summed E-state index contributed by atoms with van der Waals surface area (Å²) in [5.41, 5.74) is 6.37. The standard InChI is InChI=1S/C29H31N7O3S.C2HF3O2/c1-18(40(5,37)38)19-7-6-8-21(17-19)32-28-31-16-15-24(34-28)26-23(30-2)13-14-25-27(26)35-29(36(25)3)33-20-9-11-22(39-4)12-10-20;3-2(4,5)1(6)7/h6-18,30H,1-5H3,(H,33,35)(H,31,32,34);(H,6,7). The molecule has 0 bridgehead atoms. The van der Waals surface area contributed by atoms with E-state index in [0.29, 0.717) is 28.8 Å². The Morgan fingerprint density at radius 2 is 1.68 bits per heavy atom. The number of aryl methyl sites for hydroxylation is 1. The maximum Gasteiger partial charge on any atom is 0.490 e. The summed E-state index contributed by atoms with van der Waals surface area (Å²) in [7, 11) is 2.23. The van der Waals surface area contributed by atoms with E-state index in [1.165, 1.54) is 6.26 Å². The molecule has 0 aliphatic rings. The van der Waals surface area contributed by atoms with Gasteiger partial charge in [-0.25, -0.2) is 28.2 Å². The molecular weight excluding hydrogens is 639 g/mol. The lowest BCUT2D eigenvalue weighted by Gasteiger charge is -2.13. The van der Waals surface area contributed by atoms with Crippen LogP contribution in [0.2, 0.25) is 0 Å². The number of hydrogen-bond donors (Lipinski definition) is 4. The van der Waals surface area contributed by atoms with Crippen LogP contribution in [0.3, 0.4) is 0 Å². The molecule has 1 atom stereocenters. The number of rotatable bonds is 9. The molecule has 0 aliphatic heterocycles. The molecule has 5 rings (SSSR count). The number of methoxy groups -OCH3 is 1. The highest BCUT2D eigenvalue weighted by Crippen LogP contribution is 2.36. The summed E-state index contributed by atoms with van der Waals surface area (Å²) < 4.78 is 63.1. The van der Waals surface area contributed by atoms with Crippen molar-refractivity contribution in [1.82, 2.24) is 19.5 Å². The van der Waals surface area contributed by atoms with Gasteiger partial charge in [0, 0.05) is 43.6 Å². The molecular formula is C31H32F3N7O5S. The Balaban J connectivity index is 0.000000644. The lowest BCUT2D eigenvalue weighted by molar-refractivity contribution is -0.192. The van der Waals surface area contributed by atoms with Gasteiger partial charge in [0.1, 0.15) is 11.3 Å². The van der Waals surface area contributed by atoms with Gasteiger partial charge >= 0.3 is 12.1 Å². The van der Waals surface area contributed by atoms with E-state index in [-0.39, 0.29) is 0 Å². The van der Waals surface area contributed by atoms with Crippen molar-refractivity contribution in [3.8, 4) is 17.0 Å². The van der Waals surface area contributed by atoms with Crippen LogP contribution in [-0.2, 0) is 21.7 Å². The predicted octanol–water partition coefficient (Wildman–Crippen LogP) is 6.31. The van der Waals surface area contributed by atoms with Crippen LogP contribution in [-0.4, -0.2) is 65.6 Å². The number of carboxylic acid groups (broad SMARTS) is 1. The highest BCUT2D eigenvalue weighted by atomic mass is 32.2. The first-order chi connectivity index (χ1) is 22.1. The molecule has 47 heavy (non-hydrogen) atoms. The number of sulfone groups is 1. The Hall–Kier alpha value is -5.38. The monoisotopic (exact) mass is 671 g/mol. The van der Waals surface area contributed by atoms with E-state index < -0.39 is 27.2 Å².